The second-order valence-electron chi connectivity index (χ2n) is 19.7. The zero-order valence-electron chi connectivity index (χ0n) is 41.9. The fourth-order valence-corrected chi connectivity index (χ4v) is 22.8. The highest BCUT2D eigenvalue weighted by Crippen LogP contribution is 2.63. The smallest absolute Gasteiger partial charge is 0.0878 e. The van der Waals surface area contributed by atoms with E-state index in [1.165, 1.54) is 0 Å². The third-order valence-electron chi connectivity index (χ3n) is 14.0. The molecule has 9 aromatic rings. The maximum Gasteiger partial charge on any atom is 0.0878 e. The highest BCUT2D eigenvalue weighted by atomic mass is 31.2. The topological polar surface area (TPSA) is 102 Å². The second kappa shape index (κ2) is 22.5. The summed E-state index contributed by atoms with van der Waals surface area (Å²) in [5.41, 5.74) is 5.21. The molecule has 0 fully saturated rings. The van der Waals surface area contributed by atoms with Gasteiger partial charge in [0.15, 0.2) is 0 Å². The average Bonchev–Trinajstić information content (AvgIpc) is 3.46. The maximum atomic E-state index is 5.80. The van der Waals surface area contributed by atoms with Crippen LogP contribution in [0.4, 0.5) is 11.4 Å². The van der Waals surface area contributed by atoms with E-state index in [0.717, 1.165) is 65.5 Å². The van der Waals surface area contributed by atoms with E-state index in [-0.39, 0.29) is 0 Å². The minimum atomic E-state index is -2.95. The van der Waals surface area contributed by atoms with Crippen molar-refractivity contribution in [1.29, 1.82) is 0 Å². The third kappa shape index (κ3) is 11.2. The Hall–Kier alpha value is -7.50. The molecule has 370 valence electrons. The van der Waals surface area contributed by atoms with Gasteiger partial charge in [0.1, 0.15) is 0 Å². The highest BCUT2D eigenvalue weighted by Gasteiger charge is 2.46. The lowest BCUT2D eigenvalue weighted by atomic mass is 9.99. The summed E-state index contributed by atoms with van der Waals surface area (Å²) in [7, 11) is -8.80. The Morgan fingerprint density at radius 3 is 1.03 bits per heavy atom. The molecule has 0 spiro atoms. The molecule has 8 bridgehead atoms. The number of fused-ring (bicyclic) bond motifs is 6. The Kier molecular flexibility index (Phi) is 14.9. The number of rotatable bonds is 6. The van der Waals surface area contributed by atoms with Crippen molar-refractivity contribution in [2.75, 3.05) is 18.5 Å². The van der Waals surface area contributed by atoms with Crippen molar-refractivity contribution in [1.82, 2.24) is 4.90 Å². The van der Waals surface area contributed by atoms with Crippen molar-refractivity contribution in [2.45, 2.75) is 26.6 Å². The van der Waals surface area contributed by atoms with E-state index >= 15 is 0 Å². The molecule has 0 amide bonds. The lowest BCUT2D eigenvalue weighted by molar-refractivity contribution is 0.248. The predicted molar refractivity (Wildman–Crippen MR) is 316 cm³/mol. The standard InChI is InChI=1S/C63H58N9P3/c1-63-48-73(57-29-8-2-9-30-57,58-31-10-3-11-32-58)69-64-44-51-23-20-24-52(41-51)45-72(46-53-25-21-27-55(42-53)65-67-70-74(49-63,59-33-12-4-13-34-59)60-35-14-5-15-36-60)47-54-26-22-28-56(43-54)66-68-71-75(50-63,61-37-16-6-17-38-61)62-39-18-7-19-40-62/h2-44H,45-50H2,1H3/b64-44+,67-65?,68-66?. The molecule has 3 heterocycles. The quantitative estimate of drug-likeness (QED) is 0.152. The summed E-state index contributed by atoms with van der Waals surface area (Å²) in [5.74, 6) is 0. The molecule has 12 rings (SSSR count). The summed E-state index contributed by atoms with van der Waals surface area (Å²) in [6, 6.07) is 90.4. The summed E-state index contributed by atoms with van der Waals surface area (Å²) < 4.78 is 0. The van der Waals surface area contributed by atoms with Crippen molar-refractivity contribution in [3.05, 3.63) is 277 Å². The zero-order valence-corrected chi connectivity index (χ0v) is 44.6. The van der Waals surface area contributed by atoms with Gasteiger partial charge >= 0.3 is 0 Å². The summed E-state index contributed by atoms with van der Waals surface area (Å²) in [4.78, 5) is 19.7. The van der Waals surface area contributed by atoms with Gasteiger partial charge in [-0.1, -0.05) is 231 Å². The van der Waals surface area contributed by atoms with E-state index in [1.54, 1.807) is 0 Å². The predicted octanol–water partition coefficient (Wildman–Crippen LogP) is 14.8. The first-order valence-electron chi connectivity index (χ1n) is 25.4. The molecule has 0 unspecified atom stereocenters. The number of hydrogen-bond acceptors (Lipinski definition) is 9. The van der Waals surface area contributed by atoms with E-state index in [9.17, 15) is 0 Å². The van der Waals surface area contributed by atoms with Gasteiger partial charge in [0.25, 0.3) is 0 Å². The highest BCUT2D eigenvalue weighted by molar-refractivity contribution is 7.83. The van der Waals surface area contributed by atoms with E-state index in [1.807, 2.05) is 18.3 Å². The van der Waals surface area contributed by atoms with Crippen LogP contribution < -0.4 is 31.8 Å². The number of nitrogens with zero attached hydrogens (tertiary/aromatic N) is 9. The fourth-order valence-electron chi connectivity index (χ4n) is 10.9. The van der Waals surface area contributed by atoms with Gasteiger partial charge in [-0.05, 0) is 119 Å². The lowest BCUT2D eigenvalue weighted by Gasteiger charge is -2.43. The first kappa shape index (κ1) is 49.7. The Morgan fingerprint density at radius 1 is 0.347 bits per heavy atom. The summed E-state index contributed by atoms with van der Waals surface area (Å²) >= 11 is 0. The van der Waals surface area contributed by atoms with Crippen molar-refractivity contribution in [3.63, 3.8) is 0 Å². The van der Waals surface area contributed by atoms with Gasteiger partial charge in [-0.2, -0.15) is 9.96 Å². The summed E-state index contributed by atoms with van der Waals surface area (Å²) in [6.45, 7) is 4.43. The average molecular weight is 1030 g/mol. The van der Waals surface area contributed by atoms with Crippen molar-refractivity contribution < 1.29 is 0 Å². The molecule has 0 saturated heterocycles. The van der Waals surface area contributed by atoms with Gasteiger partial charge < -0.3 is 0 Å². The van der Waals surface area contributed by atoms with Gasteiger partial charge in [-0.15, -0.1) is 19.9 Å². The largest absolute Gasteiger partial charge is 0.291 e. The molecular weight excluding hydrogens is 976 g/mol. The molecule has 9 aromatic carbocycles. The fraction of sp³-hybridized carbons (Fsp3) is 0.127. The van der Waals surface area contributed by atoms with E-state index in [2.05, 4.69) is 254 Å². The van der Waals surface area contributed by atoms with Crippen LogP contribution in [0, 0.1) is 5.41 Å². The van der Waals surface area contributed by atoms with E-state index in [0.29, 0.717) is 38.1 Å². The Balaban J connectivity index is 1.30. The minimum absolute atomic E-state index is 0.584. The van der Waals surface area contributed by atoms with Crippen LogP contribution in [0.15, 0.2) is 295 Å². The van der Waals surface area contributed by atoms with Crippen molar-refractivity contribution >= 4 is 70.6 Å². The molecule has 12 heteroatoms. The molecule has 0 N–H and O–H groups in total. The maximum absolute atomic E-state index is 5.80. The van der Waals surface area contributed by atoms with Gasteiger partial charge in [-0.25, -0.2) is 0 Å². The number of benzene rings is 9. The molecular formula is C63H58N9P3. The van der Waals surface area contributed by atoms with Crippen LogP contribution in [0.3, 0.4) is 0 Å². The Labute approximate surface area is 441 Å². The molecule has 3 aliphatic heterocycles. The van der Waals surface area contributed by atoms with Crippen molar-refractivity contribution in [2.24, 2.45) is 45.8 Å². The normalized spacial score (nSPS) is 19.5. The van der Waals surface area contributed by atoms with Gasteiger partial charge in [0, 0.05) is 19.6 Å². The van der Waals surface area contributed by atoms with Crippen LogP contribution >= 0.6 is 21.2 Å². The monoisotopic (exact) mass is 1030 g/mol. The van der Waals surface area contributed by atoms with E-state index < -0.39 is 26.6 Å². The van der Waals surface area contributed by atoms with E-state index in [4.69, 9.17) is 40.3 Å². The first-order chi connectivity index (χ1) is 36.9. The first-order valence-corrected chi connectivity index (χ1v) is 31.2. The lowest BCUT2D eigenvalue weighted by Crippen LogP contribution is -2.40. The summed E-state index contributed by atoms with van der Waals surface area (Å²) in [5, 5.41) is 32.0. The van der Waals surface area contributed by atoms with Crippen LogP contribution in [-0.2, 0) is 19.6 Å². The molecule has 0 aliphatic carbocycles. The van der Waals surface area contributed by atoms with Crippen LogP contribution in [0.5, 0.6) is 0 Å². The molecule has 0 atom stereocenters. The minimum Gasteiger partial charge on any atom is -0.291 e. The third-order valence-corrected chi connectivity index (χ3v) is 25.8. The van der Waals surface area contributed by atoms with Crippen LogP contribution in [-0.4, -0.2) is 29.6 Å². The Morgan fingerprint density at radius 2 is 0.667 bits per heavy atom. The van der Waals surface area contributed by atoms with Gasteiger partial charge in [0.2, 0.25) is 0 Å². The van der Waals surface area contributed by atoms with Crippen LogP contribution in [0.25, 0.3) is 0 Å². The van der Waals surface area contributed by atoms with Crippen LogP contribution in [0.2, 0.25) is 0 Å². The van der Waals surface area contributed by atoms with Crippen molar-refractivity contribution in [3.8, 4) is 0 Å². The molecule has 3 aliphatic rings. The molecule has 0 radical (unpaired) electrons. The van der Waals surface area contributed by atoms with Crippen LogP contribution in [0.1, 0.15) is 29.2 Å². The van der Waals surface area contributed by atoms with Gasteiger partial charge in [0.05, 0.1) is 38.8 Å². The number of hydrogen-bond donors (Lipinski definition) is 0. The molecule has 0 aromatic heterocycles. The second-order valence-corrected chi connectivity index (χ2v) is 28.9. The zero-order chi connectivity index (χ0) is 50.8. The molecule has 75 heavy (non-hydrogen) atoms. The van der Waals surface area contributed by atoms with Gasteiger partial charge in [-0.3, -0.25) is 4.90 Å². The summed E-state index contributed by atoms with van der Waals surface area (Å²) in [6.07, 6.45) is 3.73. The molecule has 9 nitrogen and oxygen atoms in total. The SMILES string of the molecule is CC12CP(c3ccccc3)(c3ccccc3)=NN=Nc3cccc(c3)CN(Cc3cccc(c3)/C=N/N=P(c3ccccc3)(c3ccccc3)C1)Cc1cccc(c1)N=NN=P(c1ccccc1)(c1ccccc1)C2. The molecule has 0 saturated carbocycles. The Bertz CT molecular complexity index is 3150.